The molecule has 2 rings (SSSR count). The molecule has 0 bridgehead atoms. The zero-order chi connectivity index (χ0) is 14.4. The molecule has 1 N–H and O–H groups in total. The molecule has 0 atom stereocenters. The summed E-state index contributed by atoms with van der Waals surface area (Å²) < 4.78 is 0. The van der Waals surface area contributed by atoms with Gasteiger partial charge < -0.3 is 5.32 Å². The van der Waals surface area contributed by atoms with Crippen LogP contribution in [0.25, 0.3) is 0 Å². The van der Waals surface area contributed by atoms with Crippen molar-refractivity contribution < 1.29 is 4.79 Å². The number of rotatable bonds is 5. The Morgan fingerprint density at radius 1 is 1.25 bits per heavy atom. The number of hydrogen-bond donors (Lipinski definition) is 1. The van der Waals surface area contributed by atoms with E-state index in [1.165, 1.54) is 37.7 Å². The standard InChI is InChI=1S/C18H27NO/c1-3-16-11-7-8-14(2)18(16)19-17(20)13-12-15-9-5-4-6-10-15/h7-8,11,15H,3-6,9-10,12-13H2,1-2H3,(H,19,20). The number of nitrogens with one attached hydrogen (secondary N) is 1. The van der Waals surface area contributed by atoms with Crippen molar-refractivity contribution in [2.75, 3.05) is 5.32 Å². The number of carbonyl (C=O) groups excluding carboxylic acids is 1. The first-order valence-electron chi connectivity index (χ1n) is 8.09. The van der Waals surface area contributed by atoms with Gasteiger partial charge in [-0.2, -0.15) is 0 Å². The quantitative estimate of drug-likeness (QED) is 0.815. The van der Waals surface area contributed by atoms with Crippen molar-refractivity contribution in [2.45, 2.75) is 65.2 Å². The van der Waals surface area contributed by atoms with Crippen molar-refractivity contribution in [3.8, 4) is 0 Å². The van der Waals surface area contributed by atoms with Gasteiger partial charge in [0, 0.05) is 12.1 Å². The van der Waals surface area contributed by atoms with Gasteiger partial charge in [0.05, 0.1) is 0 Å². The molecule has 0 aliphatic heterocycles. The maximum absolute atomic E-state index is 12.2. The van der Waals surface area contributed by atoms with Crippen molar-refractivity contribution in [1.29, 1.82) is 0 Å². The molecule has 1 aliphatic rings. The lowest BCUT2D eigenvalue weighted by molar-refractivity contribution is -0.116. The molecule has 1 saturated carbocycles. The van der Waals surface area contributed by atoms with E-state index in [0.29, 0.717) is 6.42 Å². The first kappa shape index (κ1) is 15.1. The third-order valence-electron chi connectivity index (χ3n) is 4.51. The van der Waals surface area contributed by atoms with Crippen molar-refractivity contribution in [3.05, 3.63) is 29.3 Å². The molecule has 0 spiro atoms. The first-order valence-corrected chi connectivity index (χ1v) is 8.09. The lowest BCUT2D eigenvalue weighted by Gasteiger charge is -2.21. The van der Waals surface area contributed by atoms with Crippen molar-refractivity contribution in [2.24, 2.45) is 5.92 Å². The largest absolute Gasteiger partial charge is 0.326 e. The summed E-state index contributed by atoms with van der Waals surface area (Å²) in [6.45, 7) is 4.20. The Morgan fingerprint density at radius 3 is 2.70 bits per heavy atom. The summed E-state index contributed by atoms with van der Waals surface area (Å²) in [7, 11) is 0. The van der Waals surface area contributed by atoms with E-state index < -0.39 is 0 Å². The molecular weight excluding hydrogens is 246 g/mol. The normalized spacial score (nSPS) is 16.1. The summed E-state index contributed by atoms with van der Waals surface area (Å²) in [5, 5.41) is 3.13. The number of hydrogen-bond acceptors (Lipinski definition) is 1. The highest BCUT2D eigenvalue weighted by atomic mass is 16.1. The van der Waals surface area contributed by atoms with E-state index >= 15 is 0 Å². The van der Waals surface area contributed by atoms with Gasteiger partial charge in [0.25, 0.3) is 0 Å². The van der Waals surface area contributed by atoms with Crippen LogP contribution in [0.5, 0.6) is 0 Å². The molecule has 1 aromatic rings. The molecule has 0 radical (unpaired) electrons. The highest BCUT2D eigenvalue weighted by Crippen LogP contribution is 2.28. The average Bonchev–Trinajstić information content (AvgIpc) is 2.48. The Balaban J connectivity index is 1.88. The molecule has 0 saturated heterocycles. The monoisotopic (exact) mass is 273 g/mol. The number of amides is 1. The number of carbonyl (C=O) groups is 1. The fourth-order valence-electron chi connectivity index (χ4n) is 3.21. The summed E-state index contributed by atoms with van der Waals surface area (Å²) in [6.07, 6.45) is 9.40. The van der Waals surface area contributed by atoms with Crippen LogP contribution in [-0.4, -0.2) is 5.91 Å². The molecule has 110 valence electrons. The minimum atomic E-state index is 0.180. The van der Waals surface area contributed by atoms with Gasteiger partial charge >= 0.3 is 0 Å². The molecule has 2 nitrogen and oxygen atoms in total. The fraction of sp³-hybridized carbons (Fsp3) is 0.611. The lowest BCUT2D eigenvalue weighted by atomic mass is 9.86. The SMILES string of the molecule is CCc1cccc(C)c1NC(=O)CCC1CCCCC1. The Hall–Kier alpha value is -1.31. The lowest BCUT2D eigenvalue weighted by Crippen LogP contribution is -2.16. The van der Waals surface area contributed by atoms with E-state index in [2.05, 4.69) is 37.4 Å². The Bertz CT molecular complexity index is 447. The van der Waals surface area contributed by atoms with Gasteiger partial charge in [-0.05, 0) is 36.8 Å². The van der Waals surface area contributed by atoms with Crippen LogP contribution in [-0.2, 0) is 11.2 Å². The smallest absolute Gasteiger partial charge is 0.224 e. The van der Waals surface area contributed by atoms with Crippen LogP contribution < -0.4 is 5.32 Å². The van der Waals surface area contributed by atoms with Crippen LogP contribution in [0.3, 0.4) is 0 Å². The van der Waals surface area contributed by atoms with Crippen LogP contribution >= 0.6 is 0 Å². The molecule has 1 aliphatic carbocycles. The summed E-state index contributed by atoms with van der Waals surface area (Å²) in [6, 6.07) is 6.23. The Kier molecular flexibility index (Phi) is 5.63. The number of benzene rings is 1. The minimum Gasteiger partial charge on any atom is -0.326 e. The summed E-state index contributed by atoms with van der Waals surface area (Å²) in [5.74, 6) is 0.955. The van der Waals surface area contributed by atoms with Crippen molar-refractivity contribution in [1.82, 2.24) is 0 Å². The van der Waals surface area contributed by atoms with Crippen molar-refractivity contribution >= 4 is 11.6 Å². The summed E-state index contributed by atoms with van der Waals surface area (Å²) in [5.41, 5.74) is 3.43. The van der Waals surface area contributed by atoms with Crippen LogP contribution in [0.2, 0.25) is 0 Å². The molecule has 0 unspecified atom stereocenters. The van der Waals surface area contributed by atoms with Gasteiger partial charge in [-0.15, -0.1) is 0 Å². The molecule has 1 fully saturated rings. The van der Waals surface area contributed by atoms with Gasteiger partial charge in [-0.25, -0.2) is 0 Å². The maximum atomic E-state index is 12.2. The maximum Gasteiger partial charge on any atom is 0.224 e. The van der Waals surface area contributed by atoms with Gasteiger partial charge in [0.1, 0.15) is 0 Å². The number of aryl methyl sites for hydroxylation is 2. The fourth-order valence-corrected chi connectivity index (χ4v) is 3.21. The first-order chi connectivity index (χ1) is 9.70. The highest BCUT2D eigenvalue weighted by Gasteiger charge is 2.15. The predicted molar refractivity (Wildman–Crippen MR) is 85.0 cm³/mol. The zero-order valence-corrected chi connectivity index (χ0v) is 12.9. The molecule has 1 aromatic carbocycles. The number of anilines is 1. The van der Waals surface area contributed by atoms with Gasteiger partial charge in [-0.1, -0.05) is 57.2 Å². The third-order valence-corrected chi connectivity index (χ3v) is 4.51. The van der Waals surface area contributed by atoms with Gasteiger partial charge in [0.2, 0.25) is 5.91 Å². The van der Waals surface area contributed by atoms with E-state index in [4.69, 9.17) is 0 Å². The van der Waals surface area contributed by atoms with Crippen molar-refractivity contribution in [3.63, 3.8) is 0 Å². The molecule has 20 heavy (non-hydrogen) atoms. The third kappa shape index (κ3) is 4.09. The second kappa shape index (κ2) is 7.47. The molecule has 0 heterocycles. The minimum absolute atomic E-state index is 0.180. The average molecular weight is 273 g/mol. The zero-order valence-electron chi connectivity index (χ0n) is 12.9. The van der Waals surface area contributed by atoms with Gasteiger partial charge in [-0.3, -0.25) is 4.79 Å². The van der Waals surface area contributed by atoms with Gasteiger partial charge in [0.15, 0.2) is 0 Å². The topological polar surface area (TPSA) is 29.1 Å². The summed E-state index contributed by atoms with van der Waals surface area (Å²) in [4.78, 5) is 12.2. The van der Waals surface area contributed by atoms with E-state index in [0.717, 1.165) is 30.0 Å². The molecular formula is C18H27NO. The molecule has 1 amide bonds. The number of para-hydroxylation sites is 1. The van der Waals surface area contributed by atoms with E-state index in [1.807, 2.05) is 0 Å². The summed E-state index contributed by atoms with van der Waals surface area (Å²) >= 11 is 0. The van der Waals surface area contributed by atoms with Crippen LogP contribution in [0.1, 0.15) is 63.0 Å². The van der Waals surface area contributed by atoms with Crippen LogP contribution in [0.15, 0.2) is 18.2 Å². The second-order valence-electron chi connectivity index (χ2n) is 6.05. The predicted octanol–water partition coefficient (Wildman–Crippen LogP) is 4.86. The van der Waals surface area contributed by atoms with E-state index in [9.17, 15) is 4.79 Å². The van der Waals surface area contributed by atoms with Crippen LogP contribution in [0.4, 0.5) is 5.69 Å². The Morgan fingerprint density at radius 2 is 2.00 bits per heavy atom. The molecule has 0 aromatic heterocycles. The highest BCUT2D eigenvalue weighted by molar-refractivity contribution is 5.92. The molecule has 2 heteroatoms. The van der Waals surface area contributed by atoms with Crippen LogP contribution in [0, 0.1) is 12.8 Å². The second-order valence-corrected chi connectivity index (χ2v) is 6.05. The van der Waals surface area contributed by atoms with E-state index in [-0.39, 0.29) is 5.91 Å². The van der Waals surface area contributed by atoms with E-state index in [1.54, 1.807) is 0 Å². The Labute approximate surface area is 123 Å².